The van der Waals surface area contributed by atoms with Gasteiger partial charge in [-0.15, -0.1) is 10.2 Å². The molecule has 0 saturated heterocycles. The summed E-state index contributed by atoms with van der Waals surface area (Å²) in [5.74, 6) is 0.991. The Morgan fingerprint density at radius 3 is 2.67 bits per heavy atom. The molecule has 0 unspecified atom stereocenters. The standard InChI is InChI=1S/C10H9BrN2O2/c1-14-6-9-12-13-10(15-9)7-2-4-8(11)5-3-7/h2-5H,6H2,1H3. The van der Waals surface area contributed by atoms with Crippen LogP contribution in [-0.2, 0) is 11.3 Å². The van der Waals surface area contributed by atoms with E-state index in [0.29, 0.717) is 18.4 Å². The predicted molar refractivity (Wildman–Crippen MR) is 58.1 cm³/mol. The van der Waals surface area contributed by atoms with Crippen molar-refractivity contribution in [1.82, 2.24) is 10.2 Å². The summed E-state index contributed by atoms with van der Waals surface area (Å²) in [6.45, 7) is 0.337. The Kier molecular flexibility index (Phi) is 3.13. The van der Waals surface area contributed by atoms with Gasteiger partial charge in [0, 0.05) is 17.1 Å². The molecule has 15 heavy (non-hydrogen) atoms. The monoisotopic (exact) mass is 268 g/mol. The molecule has 0 N–H and O–H groups in total. The molecule has 0 aliphatic rings. The number of nitrogens with zero attached hydrogens (tertiary/aromatic N) is 2. The predicted octanol–water partition coefficient (Wildman–Crippen LogP) is 2.65. The minimum atomic E-state index is 0.337. The summed E-state index contributed by atoms with van der Waals surface area (Å²) < 4.78 is 11.3. The average Bonchev–Trinajstić information content (AvgIpc) is 2.68. The largest absolute Gasteiger partial charge is 0.418 e. The first-order chi connectivity index (χ1) is 7.29. The molecule has 1 aromatic heterocycles. The lowest BCUT2D eigenvalue weighted by Gasteiger charge is -1.94. The topological polar surface area (TPSA) is 48.2 Å². The third-order valence-corrected chi connectivity index (χ3v) is 2.35. The Morgan fingerprint density at radius 1 is 1.27 bits per heavy atom. The third-order valence-electron chi connectivity index (χ3n) is 1.83. The molecule has 4 nitrogen and oxygen atoms in total. The Bertz CT molecular complexity index is 439. The van der Waals surface area contributed by atoms with E-state index in [1.807, 2.05) is 24.3 Å². The fraction of sp³-hybridized carbons (Fsp3) is 0.200. The first-order valence-corrected chi connectivity index (χ1v) is 5.16. The smallest absolute Gasteiger partial charge is 0.247 e. The number of benzene rings is 1. The van der Waals surface area contributed by atoms with E-state index in [1.54, 1.807) is 7.11 Å². The van der Waals surface area contributed by atoms with Crippen molar-refractivity contribution >= 4 is 15.9 Å². The third kappa shape index (κ3) is 2.43. The van der Waals surface area contributed by atoms with Crippen LogP contribution in [0.1, 0.15) is 5.89 Å². The molecule has 0 spiro atoms. The molecule has 0 radical (unpaired) electrons. The minimum Gasteiger partial charge on any atom is -0.418 e. The van der Waals surface area contributed by atoms with Crippen LogP contribution in [0.25, 0.3) is 11.5 Å². The summed E-state index contributed by atoms with van der Waals surface area (Å²) in [6, 6.07) is 7.67. The first kappa shape index (κ1) is 10.3. The molecule has 0 aliphatic carbocycles. The fourth-order valence-electron chi connectivity index (χ4n) is 1.14. The molecule has 2 rings (SSSR count). The van der Waals surface area contributed by atoms with Crippen LogP contribution in [0.2, 0.25) is 0 Å². The van der Waals surface area contributed by atoms with E-state index in [1.165, 1.54) is 0 Å². The number of aromatic nitrogens is 2. The number of hydrogen-bond acceptors (Lipinski definition) is 4. The first-order valence-electron chi connectivity index (χ1n) is 4.37. The van der Waals surface area contributed by atoms with Crippen LogP contribution in [-0.4, -0.2) is 17.3 Å². The van der Waals surface area contributed by atoms with Crippen molar-refractivity contribution in [2.75, 3.05) is 7.11 Å². The Hall–Kier alpha value is -1.20. The van der Waals surface area contributed by atoms with Crippen molar-refractivity contribution in [3.63, 3.8) is 0 Å². The SMILES string of the molecule is COCc1nnc(-c2ccc(Br)cc2)o1. The summed E-state index contributed by atoms with van der Waals surface area (Å²) >= 11 is 3.36. The number of rotatable bonds is 3. The van der Waals surface area contributed by atoms with Gasteiger partial charge in [0.05, 0.1) is 0 Å². The lowest BCUT2D eigenvalue weighted by molar-refractivity contribution is 0.160. The normalized spacial score (nSPS) is 10.5. The van der Waals surface area contributed by atoms with Crippen LogP contribution >= 0.6 is 15.9 Å². The van der Waals surface area contributed by atoms with Crippen LogP contribution < -0.4 is 0 Å². The van der Waals surface area contributed by atoms with Gasteiger partial charge in [0.2, 0.25) is 11.8 Å². The number of halogens is 1. The van der Waals surface area contributed by atoms with E-state index >= 15 is 0 Å². The molecule has 78 valence electrons. The molecular formula is C10H9BrN2O2. The van der Waals surface area contributed by atoms with Crippen molar-refractivity contribution in [2.45, 2.75) is 6.61 Å². The molecule has 1 heterocycles. The van der Waals surface area contributed by atoms with Crippen molar-refractivity contribution in [2.24, 2.45) is 0 Å². The van der Waals surface area contributed by atoms with E-state index in [9.17, 15) is 0 Å². The van der Waals surface area contributed by atoms with Crippen LogP contribution in [0.3, 0.4) is 0 Å². The van der Waals surface area contributed by atoms with Gasteiger partial charge in [0.15, 0.2) is 0 Å². The van der Waals surface area contributed by atoms with Crippen molar-refractivity contribution in [3.05, 3.63) is 34.6 Å². The van der Waals surface area contributed by atoms with Crippen LogP contribution in [0, 0.1) is 0 Å². The number of methoxy groups -OCH3 is 1. The van der Waals surface area contributed by atoms with E-state index in [2.05, 4.69) is 26.1 Å². The highest BCUT2D eigenvalue weighted by Gasteiger charge is 2.07. The Labute approximate surface area is 95.4 Å². The highest BCUT2D eigenvalue weighted by molar-refractivity contribution is 9.10. The van der Waals surface area contributed by atoms with Gasteiger partial charge in [0.1, 0.15) is 6.61 Å². The zero-order chi connectivity index (χ0) is 10.7. The van der Waals surface area contributed by atoms with Gasteiger partial charge in [-0.1, -0.05) is 15.9 Å². The molecule has 0 bridgehead atoms. The maximum absolute atomic E-state index is 5.39. The van der Waals surface area contributed by atoms with E-state index in [-0.39, 0.29) is 0 Å². The second-order valence-electron chi connectivity index (χ2n) is 2.94. The number of hydrogen-bond donors (Lipinski definition) is 0. The minimum absolute atomic E-state index is 0.337. The second-order valence-corrected chi connectivity index (χ2v) is 3.86. The van der Waals surface area contributed by atoms with Gasteiger partial charge < -0.3 is 9.15 Å². The van der Waals surface area contributed by atoms with Gasteiger partial charge >= 0.3 is 0 Å². The summed E-state index contributed by atoms with van der Waals surface area (Å²) in [7, 11) is 1.59. The molecule has 1 aromatic carbocycles. The summed E-state index contributed by atoms with van der Waals surface area (Å²) in [5, 5.41) is 7.77. The Morgan fingerprint density at radius 2 is 2.00 bits per heavy atom. The molecule has 0 amide bonds. The second kappa shape index (κ2) is 4.55. The summed E-state index contributed by atoms with van der Waals surface area (Å²) in [4.78, 5) is 0. The fourth-order valence-corrected chi connectivity index (χ4v) is 1.41. The molecule has 0 saturated carbocycles. The van der Waals surface area contributed by atoms with Crippen LogP contribution in [0.5, 0.6) is 0 Å². The highest BCUT2D eigenvalue weighted by Crippen LogP contribution is 2.20. The van der Waals surface area contributed by atoms with Crippen LogP contribution in [0.15, 0.2) is 33.2 Å². The lowest BCUT2D eigenvalue weighted by Crippen LogP contribution is -1.85. The average molecular weight is 269 g/mol. The van der Waals surface area contributed by atoms with Crippen molar-refractivity contribution < 1.29 is 9.15 Å². The molecule has 5 heteroatoms. The molecule has 0 aliphatic heterocycles. The Balaban J connectivity index is 2.25. The zero-order valence-corrected chi connectivity index (χ0v) is 9.69. The summed E-state index contributed by atoms with van der Waals surface area (Å²) in [6.07, 6.45) is 0. The van der Waals surface area contributed by atoms with Crippen molar-refractivity contribution in [3.8, 4) is 11.5 Å². The highest BCUT2D eigenvalue weighted by atomic mass is 79.9. The van der Waals surface area contributed by atoms with E-state index in [0.717, 1.165) is 10.0 Å². The van der Waals surface area contributed by atoms with E-state index in [4.69, 9.17) is 9.15 Å². The maximum atomic E-state index is 5.39. The molecule has 0 fully saturated rings. The van der Waals surface area contributed by atoms with Gasteiger partial charge in [-0.3, -0.25) is 0 Å². The zero-order valence-electron chi connectivity index (χ0n) is 8.11. The van der Waals surface area contributed by atoms with Crippen LogP contribution in [0.4, 0.5) is 0 Å². The van der Waals surface area contributed by atoms with E-state index < -0.39 is 0 Å². The maximum Gasteiger partial charge on any atom is 0.247 e. The van der Waals surface area contributed by atoms with Gasteiger partial charge in [-0.05, 0) is 24.3 Å². The van der Waals surface area contributed by atoms with Crippen molar-refractivity contribution in [1.29, 1.82) is 0 Å². The molecule has 0 atom stereocenters. The van der Waals surface area contributed by atoms with Gasteiger partial charge in [-0.2, -0.15) is 0 Å². The lowest BCUT2D eigenvalue weighted by atomic mass is 10.2. The molecule has 2 aromatic rings. The van der Waals surface area contributed by atoms with Gasteiger partial charge in [-0.25, -0.2) is 0 Å². The molecular weight excluding hydrogens is 260 g/mol. The summed E-state index contributed by atoms with van der Waals surface area (Å²) in [5.41, 5.74) is 0.896. The number of ether oxygens (including phenoxy) is 1. The van der Waals surface area contributed by atoms with Gasteiger partial charge in [0.25, 0.3) is 0 Å². The quantitative estimate of drug-likeness (QED) is 0.859.